The summed E-state index contributed by atoms with van der Waals surface area (Å²) in [6.07, 6.45) is 0.948. The third-order valence-corrected chi connectivity index (χ3v) is 7.36. The standard InChI is InChI=1S/C25H30F3N3O5PS/c1-24(29,17-36-37(32,33)34)23-31-30-22(38-23)19-13-14-21(20(16-19)25(26,27)28)35-15-9-4-2-3-6-10-18-11-7-5-8-12-18/h5,7-8,11-14,16,29H,2-4,6,9-10,15,17H2,1H3,(H2,32,33,34)/q-1/t24-/m0/s1. The molecular weight excluding hydrogens is 542 g/mol. The predicted octanol–water partition coefficient (Wildman–Crippen LogP) is 7.17. The Labute approximate surface area is 223 Å². The fourth-order valence-electron chi connectivity index (χ4n) is 3.64. The van der Waals surface area contributed by atoms with Gasteiger partial charge in [0.2, 0.25) is 0 Å². The first-order chi connectivity index (χ1) is 17.9. The Morgan fingerprint density at radius 1 is 1.00 bits per heavy atom. The molecule has 38 heavy (non-hydrogen) atoms. The van der Waals surface area contributed by atoms with Crippen LogP contribution in [-0.2, 0) is 27.2 Å². The van der Waals surface area contributed by atoms with Crippen LogP contribution in [0.15, 0.2) is 48.5 Å². The minimum atomic E-state index is -4.80. The SMILES string of the molecule is C[C@]([NH-])(COP(=O)(O)O)c1nnc(-c2ccc(OCCCCCCCc3ccccc3)c(C(F)(F)F)c2)s1. The second-order valence-corrected chi connectivity index (χ2v) is 11.3. The molecule has 0 aliphatic heterocycles. The van der Waals surface area contributed by atoms with Crippen molar-refractivity contribution in [1.29, 1.82) is 0 Å². The van der Waals surface area contributed by atoms with E-state index in [2.05, 4.69) is 26.9 Å². The normalized spacial score (nSPS) is 13.9. The number of halogens is 3. The maximum atomic E-state index is 13.8. The quantitative estimate of drug-likeness (QED) is 0.155. The molecule has 0 spiro atoms. The average molecular weight is 573 g/mol. The van der Waals surface area contributed by atoms with E-state index >= 15 is 0 Å². The first-order valence-corrected chi connectivity index (χ1v) is 14.4. The topological polar surface area (TPSA) is 126 Å². The summed E-state index contributed by atoms with van der Waals surface area (Å²) in [7, 11) is -4.80. The van der Waals surface area contributed by atoms with E-state index < -0.39 is 31.7 Å². The molecule has 1 atom stereocenters. The van der Waals surface area contributed by atoms with Gasteiger partial charge in [-0.05, 0) is 48.6 Å². The van der Waals surface area contributed by atoms with Gasteiger partial charge in [0.05, 0.1) is 18.8 Å². The minimum absolute atomic E-state index is 0.0404. The van der Waals surface area contributed by atoms with Gasteiger partial charge in [0.25, 0.3) is 0 Å². The van der Waals surface area contributed by atoms with Crippen molar-refractivity contribution >= 4 is 19.2 Å². The van der Waals surface area contributed by atoms with E-state index in [1.54, 1.807) is 0 Å². The molecule has 0 aliphatic rings. The summed E-state index contributed by atoms with van der Waals surface area (Å²) >= 11 is 0.847. The molecule has 13 heteroatoms. The lowest BCUT2D eigenvalue weighted by molar-refractivity contribution is -0.138. The smallest absolute Gasteiger partial charge is 0.469 e. The molecule has 0 fully saturated rings. The number of nitrogens with one attached hydrogen (secondary N) is 1. The third-order valence-electron chi connectivity index (χ3n) is 5.66. The van der Waals surface area contributed by atoms with Crippen molar-refractivity contribution in [3.63, 3.8) is 0 Å². The average Bonchev–Trinajstić information content (AvgIpc) is 3.36. The molecule has 1 heterocycles. The molecule has 0 unspecified atom stereocenters. The maximum Gasteiger partial charge on any atom is 0.469 e. The van der Waals surface area contributed by atoms with Crippen molar-refractivity contribution in [1.82, 2.24) is 10.2 Å². The zero-order chi connectivity index (χ0) is 27.8. The fraction of sp³-hybridized carbons (Fsp3) is 0.440. The van der Waals surface area contributed by atoms with Gasteiger partial charge in [-0.2, -0.15) is 13.2 Å². The van der Waals surface area contributed by atoms with Crippen LogP contribution in [0.25, 0.3) is 16.3 Å². The zero-order valence-electron chi connectivity index (χ0n) is 20.8. The van der Waals surface area contributed by atoms with Crippen LogP contribution in [-0.4, -0.2) is 33.2 Å². The van der Waals surface area contributed by atoms with Gasteiger partial charge in [0, 0.05) is 5.56 Å². The van der Waals surface area contributed by atoms with Gasteiger partial charge in [-0.25, -0.2) is 4.57 Å². The first kappa shape index (κ1) is 30.2. The predicted molar refractivity (Wildman–Crippen MR) is 139 cm³/mol. The van der Waals surface area contributed by atoms with Crippen LogP contribution in [0.2, 0.25) is 0 Å². The van der Waals surface area contributed by atoms with E-state index in [0.29, 0.717) is 6.42 Å². The summed E-state index contributed by atoms with van der Waals surface area (Å²) in [4.78, 5) is 17.7. The van der Waals surface area contributed by atoms with Crippen molar-refractivity contribution in [3.05, 3.63) is 70.4 Å². The molecule has 0 bridgehead atoms. The van der Waals surface area contributed by atoms with Crippen LogP contribution in [0.5, 0.6) is 5.75 Å². The molecule has 0 saturated heterocycles. The van der Waals surface area contributed by atoms with E-state index in [0.717, 1.165) is 49.5 Å². The molecule has 0 amide bonds. The number of unbranched alkanes of at least 4 members (excludes halogenated alkanes) is 4. The van der Waals surface area contributed by atoms with Crippen LogP contribution >= 0.6 is 19.2 Å². The third kappa shape index (κ3) is 9.44. The van der Waals surface area contributed by atoms with Gasteiger partial charge in [-0.15, -0.1) is 10.2 Å². The monoisotopic (exact) mass is 572 g/mol. The highest BCUT2D eigenvalue weighted by molar-refractivity contribution is 7.46. The lowest BCUT2D eigenvalue weighted by Gasteiger charge is -2.30. The number of hydrogen-bond acceptors (Lipinski definition) is 6. The van der Waals surface area contributed by atoms with E-state index in [9.17, 15) is 17.7 Å². The lowest BCUT2D eigenvalue weighted by atomic mass is 10.1. The lowest BCUT2D eigenvalue weighted by Crippen LogP contribution is -2.22. The number of aromatic nitrogens is 2. The Morgan fingerprint density at radius 2 is 1.68 bits per heavy atom. The summed E-state index contributed by atoms with van der Waals surface area (Å²) < 4.78 is 62.1. The Bertz CT molecular complexity index is 1220. The van der Waals surface area contributed by atoms with Gasteiger partial charge in [-0.1, -0.05) is 67.9 Å². The van der Waals surface area contributed by atoms with Crippen LogP contribution in [0, 0.1) is 0 Å². The van der Waals surface area contributed by atoms with Gasteiger partial charge in [0.15, 0.2) is 0 Å². The molecule has 208 valence electrons. The number of phosphoric ester groups is 1. The van der Waals surface area contributed by atoms with Crippen molar-refractivity contribution in [2.45, 2.75) is 57.2 Å². The maximum absolute atomic E-state index is 13.8. The number of aryl methyl sites for hydroxylation is 1. The Kier molecular flexibility index (Phi) is 10.4. The van der Waals surface area contributed by atoms with E-state index in [-0.39, 0.29) is 27.9 Å². The van der Waals surface area contributed by atoms with Gasteiger partial charge in [0.1, 0.15) is 15.8 Å². The van der Waals surface area contributed by atoms with E-state index in [4.69, 9.17) is 20.3 Å². The Morgan fingerprint density at radius 3 is 2.37 bits per heavy atom. The van der Waals surface area contributed by atoms with Crippen LogP contribution < -0.4 is 4.74 Å². The summed E-state index contributed by atoms with van der Waals surface area (Å²) in [6, 6.07) is 13.8. The fourth-order valence-corrected chi connectivity index (χ4v) is 4.94. The molecular formula is C25H30F3N3O5PS-. The number of rotatable bonds is 14. The van der Waals surface area contributed by atoms with Gasteiger partial charge < -0.3 is 20.3 Å². The molecule has 3 rings (SSSR count). The molecule has 0 aliphatic carbocycles. The second kappa shape index (κ2) is 13.1. The number of benzene rings is 2. The van der Waals surface area contributed by atoms with Crippen LogP contribution in [0.4, 0.5) is 13.2 Å². The molecule has 3 aromatic rings. The summed E-state index contributed by atoms with van der Waals surface area (Å²) in [5.74, 6) is -0.268. The summed E-state index contributed by atoms with van der Waals surface area (Å²) in [5, 5.41) is 7.86. The Balaban J connectivity index is 1.55. The number of alkyl halides is 3. The molecule has 0 saturated carbocycles. The van der Waals surface area contributed by atoms with Crippen molar-refractivity contribution in [2.75, 3.05) is 13.2 Å². The number of phosphoric acid groups is 1. The highest BCUT2D eigenvalue weighted by Gasteiger charge is 2.35. The van der Waals surface area contributed by atoms with Gasteiger partial charge in [-0.3, -0.25) is 4.52 Å². The second-order valence-electron chi connectivity index (χ2n) is 9.07. The van der Waals surface area contributed by atoms with Crippen LogP contribution in [0.3, 0.4) is 0 Å². The van der Waals surface area contributed by atoms with E-state index in [1.807, 2.05) is 18.2 Å². The number of ether oxygens (including phenoxy) is 1. The molecule has 2 aromatic carbocycles. The molecule has 3 N–H and O–H groups in total. The zero-order valence-corrected chi connectivity index (χ0v) is 22.5. The Hall–Kier alpha value is -2.34. The van der Waals surface area contributed by atoms with E-state index in [1.165, 1.54) is 24.6 Å². The van der Waals surface area contributed by atoms with Gasteiger partial charge >= 0.3 is 14.0 Å². The summed E-state index contributed by atoms with van der Waals surface area (Å²) in [5.41, 5.74) is 7.06. The summed E-state index contributed by atoms with van der Waals surface area (Å²) in [6.45, 7) is 0.814. The molecule has 1 aromatic heterocycles. The highest BCUT2D eigenvalue weighted by atomic mass is 32.1. The minimum Gasteiger partial charge on any atom is -0.664 e. The first-order valence-electron chi connectivity index (χ1n) is 12.0. The van der Waals surface area contributed by atoms with Crippen molar-refractivity contribution in [2.24, 2.45) is 0 Å². The number of hydrogen-bond donors (Lipinski definition) is 2. The molecule has 8 nitrogen and oxygen atoms in total. The van der Waals surface area contributed by atoms with Crippen molar-refractivity contribution < 1.29 is 36.8 Å². The number of nitrogens with zero attached hydrogens (tertiary/aromatic N) is 2. The van der Waals surface area contributed by atoms with Crippen LogP contribution in [0.1, 0.15) is 55.2 Å². The largest absolute Gasteiger partial charge is 0.664 e. The van der Waals surface area contributed by atoms with Crippen molar-refractivity contribution in [3.8, 4) is 16.3 Å². The molecule has 0 radical (unpaired) electrons. The highest BCUT2D eigenvalue weighted by Crippen LogP contribution is 2.42.